The van der Waals surface area contributed by atoms with Crippen LogP contribution in [0.25, 0.3) is 0 Å². The van der Waals surface area contributed by atoms with Gasteiger partial charge < -0.3 is 9.30 Å². The molecule has 1 aromatic rings. The Labute approximate surface area is 98.2 Å². The molecule has 0 aliphatic heterocycles. The minimum atomic E-state index is -0.00819. The second-order valence-electron chi connectivity index (χ2n) is 3.43. The quantitative estimate of drug-likeness (QED) is 0.773. The largest absolute Gasteiger partial charge is 0.495 e. The van der Waals surface area contributed by atoms with Crippen LogP contribution < -0.4 is 10.3 Å². The van der Waals surface area contributed by atoms with Gasteiger partial charge in [-0.05, 0) is 22.4 Å². The number of nitrogens with zero attached hydrogens (tertiary/aromatic N) is 1. The summed E-state index contributed by atoms with van der Waals surface area (Å²) in [6.45, 7) is 2.92. The molecule has 15 heavy (non-hydrogen) atoms. The Morgan fingerprint density at radius 3 is 2.80 bits per heavy atom. The van der Waals surface area contributed by atoms with E-state index in [9.17, 15) is 4.79 Å². The summed E-state index contributed by atoms with van der Waals surface area (Å²) in [4.78, 5) is 11.6. The number of aromatic nitrogens is 1. The lowest BCUT2D eigenvalue weighted by molar-refractivity contribution is 0.408. The summed E-state index contributed by atoms with van der Waals surface area (Å²) >= 11 is 3.37. The number of pyridine rings is 1. The average molecular weight is 274 g/mol. The highest BCUT2D eigenvalue weighted by Gasteiger charge is 2.04. The van der Waals surface area contributed by atoms with Crippen molar-refractivity contribution in [3.63, 3.8) is 0 Å². The number of ether oxygens (including phenoxy) is 1. The summed E-state index contributed by atoms with van der Waals surface area (Å²) in [6, 6.07) is 1.51. The third kappa shape index (κ3) is 3.38. The van der Waals surface area contributed by atoms with E-state index in [2.05, 4.69) is 22.9 Å². The van der Waals surface area contributed by atoms with Crippen LogP contribution in [0.5, 0.6) is 5.75 Å². The van der Waals surface area contributed by atoms with Gasteiger partial charge in [0.25, 0.3) is 5.56 Å². The lowest BCUT2D eigenvalue weighted by Gasteiger charge is -2.08. The fourth-order valence-corrected chi connectivity index (χ4v) is 1.91. The Morgan fingerprint density at radius 2 is 2.20 bits per heavy atom. The maximum absolute atomic E-state index is 11.6. The van der Waals surface area contributed by atoms with E-state index >= 15 is 0 Å². The van der Waals surface area contributed by atoms with Crippen molar-refractivity contribution in [1.29, 1.82) is 0 Å². The van der Waals surface area contributed by atoms with Gasteiger partial charge >= 0.3 is 0 Å². The number of rotatable bonds is 5. The first-order chi connectivity index (χ1) is 7.19. The van der Waals surface area contributed by atoms with E-state index in [0.29, 0.717) is 5.75 Å². The SMILES string of the molecule is CCCCCn1cc(Br)c(OC)cc1=O. The number of hydrogen-bond acceptors (Lipinski definition) is 2. The third-order valence-corrected chi connectivity index (χ3v) is 2.86. The normalized spacial score (nSPS) is 10.3. The zero-order valence-corrected chi connectivity index (χ0v) is 10.7. The van der Waals surface area contributed by atoms with Crippen molar-refractivity contribution >= 4 is 15.9 Å². The molecular weight excluding hydrogens is 258 g/mol. The van der Waals surface area contributed by atoms with Crippen LogP contribution in [0.1, 0.15) is 26.2 Å². The molecule has 0 aliphatic carbocycles. The highest BCUT2D eigenvalue weighted by molar-refractivity contribution is 9.10. The van der Waals surface area contributed by atoms with Gasteiger partial charge in [-0.1, -0.05) is 19.8 Å². The highest BCUT2D eigenvalue weighted by Crippen LogP contribution is 2.21. The van der Waals surface area contributed by atoms with E-state index in [1.807, 2.05) is 0 Å². The van der Waals surface area contributed by atoms with Gasteiger partial charge in [0.2, 0.25) is 0 Å². The molecule has 0 aromatic carbocycles. The third-order valence-electron chi connectivity index (χ3n) is 2.26. The van der Waals surface area contributed by atoms with Crippen molar-refractivity contribution in [2.24, 2.45) is 0 Å². The predicted octanol–water partition coefficient (Wildman–Crippen LogP) is 2.81. The van der Waals surface area contributed by atoms with Crippen LogP contribution in [-0.2, 0) is 6.54 Å². The van der Waals surface area contributed by atoms with Crippen LogP contribution >= 0.6 is 15.9 Å². The summed E-state index contributed by atoms with van der Waals surface area (Å²) in [6.07, 6.45) is 5.13. The summed E-state index contributed by atoms with van der Waals surface area (Å²) in [5.74, 6) is 0.590. The van der Waals surface area contributed by atoms with E-state index < -0.39 is 0 Å². The van der Waals surface area contributed by atoms with Crippen LogP contribution in [0.3, 0.4) is 0 Å². The second-order valence-corrected chi connectivity index (χ2v) is 4.28. The molecule has 0 spiro atoms. The van der Waals surface area contributed by atoms with Crippen LogP contribution in [0.15, 0.2) is 21.5 Å². The van der Waals surface area contributed by atoms with Crippen LogP contribution in [0.2, 0.25) is 0 Å². The summed E-state index contributed by atoms with van der Waals surface area (Å²) < 4.78 is 7.58. The smallest absolute Gasteiger partial charge is 0.254 e. The minimum absolute atomic E-state index is 0.00819. The summed E-state index contributed by atoms with van der Waals surface area (Å²) in [7, 11) is 1.56. The summed E-state index contributed by atoms with van der Waals surface area (Å²) in [5, 5.41) is 0. The molecule has 1 heterocycles. The first-order valence-corrected chi connectivity index (χ1v) is 5.92. The molecule has 84 valence electrons. The molecule has 0 N–H and O–H groups in total. The zero-order chi connectivity index (χ0) is 11.3. The Kier molecular flexibility index (Phi) is 4.88. The molecule has 0 saturated carbocycles. The van der Waals surface area contributed by atoms with Gasteiger partial charge in [0.15, 0.2) is 0 Å². The topological polar surface area (TPSA) is 31.2 Å². The highest BCUT2D eigenvalue weighted by atomic mass is 79.9. The van der Waals surface area contributed by atoms with Crippen molar-refractivity contribution < 1.29 is 4.74 Å². The molecular formula is C11H16BrNO2. The molecule has 1 rings (SSSR count). The molecule has 0 fully saturated rings. The van der Waals surface area contributed by atoms with Crippen molar-refractivity contribution in [3.8, 4) is 5.75 Å². The second kappa shape index (κ2) is 5.95. The van der Waals surface area contributed by atoms with Gasteiger partial charge in [-0.2, -0.15) is 0 Å². The van der Waals surface area contributed by atoms with Gasteiger partial charge in [0.05, 0.1) is 11.6 Å². The van der Waals surface area contributed by atoms with Crippen molar-refractivity contribution in [1.82, 2.24) is 4.57 Å². The van der Waals surface area contributed by atoms with Crippen LogP contribution in [-0.4, -0.2) is 11.7 Å². The Bertz CT molecular complexity index is 373. The maximum atomic E-state index is 11.6. The molecule has 0 amide bonds. The number of halogens is 1. The van der Waals surface area contributed by atoms with Gasteiger partial charge in [-0.25, -0.2) is 0 Å². The lowest BCUT2D eigenvalue weighted by Crippen LogP contribution is -2.19. The Balaban J connectivity index is 2.81. The van der Waals surface area contributed by atoms with Gasteiger partial charge in [0, 0.05) is 18.8 Å². The average Bonchev–Trinajstić information content (AvgIpc) is 2.23. The van der Waals surface area contributed by atoms with E-state index in [1.54, 1.807) is 17.9 Å². The van der Waals surface area contributed by atoms with Gasteiger partial charge in [0.1, 0.15) is 5.75 Å². The maximum Gasteiger partial charge on any atom is 0.254 e. The van der Waals surface area contributed by atoms with Crippen LogP contribution in [0, 0.1) is 0 Å². The number of methoxy groups -OCH3 is 1. The molecule has 1 aromatic heterocycles. The molecule has 0 bridgehead atoms. The molecule has 4 heteroatoms. The first-order valence-electron chi connectivity index (χ1n) is 5.13. The predicted molar refractivity (Wildman–Crippen MR) is 64.5 cm³/mol. The fraction of sp³-hybridized carbons (Fsp3) is 0.545. The Morgan fingerprint density at radius 1 is 1.47 bits per heavy atom. The fourth-order valence-electron chi connectivity index (χ4n) is 1.39. The van der Waals surface area contributed by atoms with Crippen molar-refractivity contribution in [3.05, 3.63) is 27.1 Å². The molecule has 0 atom stereocenters. The van der Waals surface area contributed by atoms with E-state index in [1.165, 1.54) is 6.07 Å². The van der Waals surface area contributed by atoms with Crippen molar-refractivity contribution in [2.75, 3.05) is 7.11 Å². The zero-order valence-electron chi connectivity index (χ0n) is 9.12. The molecule has 0 radical (unpaired) electrons. The first kappa shape index (κ1) is 12.3. The molecule has 0 unspecified atom stereocenters. The summed E-state index contributed by atoms with van der Waals surface area (Å²) in [5.41, 5.74) is -0.00819. The van der Waals surface area contributed by atoms with Gasteiger partial charge in [-0.3, -0.25) is 4.79 Å². The van der Waals surface area contributed by atoms with Crippen molar-refractivity contribution in [2.45, 2.75) is 32.7 Å². The number of aryl methyl sites for hydroxylation is 1. The minimum Gasteiger partial charge on any atom is -0.495 e. The molecule has 0 aliphatic rings. The number of unbranched alkanes of at least 4 members (excludes halogenated alkanes) is 2. The number of hydrogen-bond donors (Lipinski definition) is 0. The standard InChI is InChI=1S/C11H16BrNO2/c1-3-4-5-6-13-8-9(12)10(15-2)7-11(13)14/h7-8H,3-6H2,1-2H3. The van der Waals surface area contributed by atoms with Gasteiger partial charge in [-0.15, -0.1) is 0 Å². The van der Waals surface area contributed by atoms with E-state index in [4.69, 9.17) is 4.74 Å². The molecule has 3 nitrogen and oxygen atoms in total. The molecule has 0 saturated heterocycles. The van der Waals surface area contributed by atoms with Crippen LogP contribution in [0.4, 0.5) is 0 Å². The monoisotopic (exact) mass is 273 g/mol. The van der Waals surface area contributed by atoms with E-state index in [0.717, 1.165) is 30.3 Å². The Hall–Kier alpha value is -0.770. The van der Waals surface area contributed by atoms with E-state index in [-0.39, 0.29) is 5.56 Å². The lowest BCUT2D eigenvalue weighted by atomic mass is 10.2.